The Hall–Kier alpha value is -0.500. The molecule has 0 fully saturated rings. The third-order valence-corrected chi connectivity index (χ3v) is 2.52. The first-order chi connectivity index (χ1) is 6.83. The van der Waals surface area contributed by atoms with Crippen molar-refractivity contribution < 1.29 is 0 Å². The number of halogens is 1. The number of imidazole rings is 1. The van der Waals surface area contributed by atoms with E-state index in [9.17, 15) is 0 Å². The molecule has 0 atom stereocenters. The maximum Gasteiger partial charge on any atom is 0.106 e. The second-order valence-corrected chi connectivity index (χ2v) is 4.03. The molecule has 1 aromatic heterocycles. The van der Waals surface area contributed by atoms with Crippen LogP contribution in [0.3, 0.4) is 0 Å². The minimum atomic E-state index is 0. The molecule has 0 aliphatic rings. The lowest BCUT2D eigenvalue weighted by Gasteiger charge is -1.98. The van der Waals surface area contributed by atoms with E-state index in [1.807, 2.05) is 6.20 Å². The van der Waals surface area contributed by atoms with E-state index in [0.717, 1.165) is 12.2 Å². The van der Waals surface area contributed by atoms with Crippen molar-refractivity contribution in [1.29, 1.82) is 0 Å². The van der Waals surface area contributed by atoms with Gasteiger partial charge < -0.3 is 4.98 Å². The van der Waals surface area contributed by atoms with Gasteiger partial charge in [-0.15, -0.1) is 12.4 Å². The molecule has 0 aromatic carbocycles. The lowest BCUT2D eigenvalue weighted by atomic mass is 10.1. The number of rotatable bonds is 7. The molecule has 3 heteroatoms. The van der Waals surface area contributed by atoms with Crippen LogP contribution in [0.15, 0.2) is 6.20 Å². The maximum atomic E-state index is 4.29. The van der Waals surface area contributed by atoms with E-state index in [1.54, 1.807) is 0 Å². The molecule has 0 aliphatic heterocycles. The Labute approximate surface area is 99.3 Å². The second kappa shape index (κ2) is 8.78. The predicted molar refractivity (Wildman–Crippen MR) is 67.7 cm³/mol. The summed E-state index contributed by atoms with van der Waals surface area (Å²) in [6.45, 7) is 4.31. The average Bonchev–Trinajstić information content (AvgIpc) is 2.58. The molecule has 0 saturated carbocycles. The SMILES string of the molecule is CCCCCCCCc1ncc(C)[nH]1.Cl. The van der Waals surface area contributed by atoms with Gasteiger partial charge in [-0.25, -0.2) is 4.98 Å². The summed E-state index contributed by atoms with van der Waals surface area (Å²) in [7, 11) is 0. The molecular weight excluding hydrogens is 208 g/mol. The summed E-state index contributed by atoms with van der Waals surface area (Å²) in [5.74, 6) is 1.15. The molecule has 0 unspecified atom stereocenters. The molecule has 0 aliphatic carbocycles. The summed E-state index contributed by atoms with van der Waals surface area (Å²) in [5.41, 5.74) is 1.17. The third-order valence-electron chi connectivity index (χ3n) is 2.52. The lowest BCUT2D eigenvalue weighted by Crippen LogP contribution is -1.88. The second-order valence-electron chi connectivity index (χ2n) is 4.03. The third kappa shape index (κ3) is 6.56. The summed E-state index contributed by atoms with van der Waals surface area (Å²) in [4.78, 5) is 7.56. The molecule has 0 amide bonds. The lowest BCUT2D eigenvalue weighted by molar-refractivity contribution is 0.602. The molecule has 1 aromatic rings. The smallest absolute Gasteiger partial charge is 0.106 e. The van der Waals surface area contributed by atoms with Gasteiger partial charge in [0.1, 0.15) is 5.82 Å². The topological polar surface area (TPSA) is 28.7 Å². The van der Waals surface area contributed by atoms with E-state index in [0.29, 0.717) is 0 Å². The Morgan fingerprint density at radius 1 is 1.13 bits per heavy atom. The van der Waals surface area contributed by atoms with E-state index in [2.05, 4.69) is 23.8 Å². The average molecular weight is 231 g/mol. The van der Waals surface area contributed by atoms with Gasteiger partial charge in [0.2, 0.25) is 0 Å². The standard InChI is InChI=1S/C12H22N2.ClH/c1-3-4-5-6-7-8-9-12-13-10-11(2)14-12;/h10H,3-9H2,1-2H3,(H,13,14);1H. The number of nitrogens with one attached hydrogen (secondary N) is 1. The summed E-state index contributed by atoms with van der Waals surface area (Å²) in [6.07, 6.45) is 11.1. The highest BCUT2D eigenvalue weighted by atomic mass is 35.5. The zero-order valence-electron chi connectivity index (χ0n) is 9.88. The number of nitrogens with zero attached hydrogens (tertiary/aromatic N) is 1. The zero-order chi connectivity index (χ0) is 10.2. The molecule has 0 spiro atoms. The number of hydrogen-bond donors (Lipinski definition) is 1. The number of aromatic amines is 1. The predicted octanol–water partition coefficient (Wildman–Crippen LogP) is 4.04. The van der Waals surface area contributed by atoms with Crippen molar-refractivity contribution in [1.82, 2.24) is 9.97 Å². The largest absolute Gasteiger partial charge is 0.346 e. The van der Waals surface area contributed by atoms with Gasteiger partial charge in [0.15, 0.2) is 0 Å². The van der Waals surface area contributed by atoms with Crippen molar-refractivity contribution in [2.45, 2.75) is 58.8 Å². The minimum absolute atomic E-state index is 0. The van der Waals surface area contributed by atoms with Crippen molar-refractivity contribution >= 4 is 12.4 Å². The minimum Gasteiger partial charge on any atom is -0.346 e. The van der Waals surface area contributed by atoms with Crippen molar-refractivity contribution in [3.05, 3.63) is 17.7 Å². The summed E-state index contributed by atoms with van der Waals surface area (Å²) >= 11 is 0. The Morgan fingerprint density at radius 2 is 1.80 bits per heavy atom. The van der Waals surface area contributed by atoms with Gasteiger partial charge in [0, 0.05) is 18.3 Å². The first-order valence-electron chi connectivity index (χ1n) is 5.83. The van der Waals surface area contributed by atoms with Gasteiger partial charge in [-0.1, -0.05) is 39.0 Å². The maximum absolute atomic E-state index is 4.29. The molecule has 1 N–H and O–H groups in total. The highest BCUT2D eigenvalue weighted by molar-refractivity contribution is 5.85. The molecule has 15 heavy (non-hydrogen) atoms. The Balaban J connectivity index is 0.00000196. The first-order valence-corrected chi connectivity index (χ1v) is 5.83. The van der Waals surface area contributed by atoms with Crippen molar-refractivity contribution in [2.75, 3.05) is 0 Å². The highest BCUT2D eigenvalue weighted by Gasteiger charge is 1.96. The normalized spacial score (nSPS) is 10.0. The number of aromatic nitrogens is 2. The van der Waals surface area contributed by atoms with Crippen LogP contribution in [0, 0.1) is 6.92 Å². The van der Waals surface area contributed by atoms with E-state index in [1.165, 1.54) is 44.2 Å². The van der Waals surface area contributed by atoms with Crippen molar-refractivity contribution in [2.24, 2.45) is 0 Å². The Bertz CT molecular complexity index is 246. The summed E-state index contributed by atoms with van der Waals surface area (Å²) in [6, 6.07) is 0. The van der Waals surface area contributed by atoms with E-state index < -0.39 is 0 Å². The van der Waals surface area contributed by atoms with Gasteiger partial charge >= 0.3 is 0 Å². The monoisotopic (exact) mass is 230 g/mol. The van der Waals surface area contributed by atoms with Crippen LogP contribution in [0.2, 0.25) is 0 Å². The molecule has 88 valence electrons. The van der Waals surface area contributed by atoms with E-state index in [-0.39, 0.29) is 12.4 Å². The van der Waals surface area contributed by atoms with E-state index >= 15 is 0 Å². The fourth-order valence-electron chi connectivity index (χ4n) is 1.67. The van der Waals surface area contributed by atoms with Gasteiger partial charge in [0.05, 0.1) is 0 Å². The van der Waals surface area contributed by atoms with E-state index in [4.69, 9.17) is 0 Å². The van der Waals surface area contributed by atoms with Crippen LogP contribution in [-0.4, -0.2) is 9.97 Å². The number of unbranched alkanes of at least 4 members (excludes halogenated alkanes) is 5. The molecular formula is C12H23ClN2. The molecule has 0 bridgehead atoms. The van der Waals surface area contributed by atoms with Crippen LogP contribution in [0.5, 0.6) is 0 Å². The van der Waals surface area contributed by atoms with Crippen LogP contribution in [0.1, 0.15) is 57.0 Å². The summed E-state index contributed by atoms with van der Waals surface area (Å²) < 4.78 is 0. The van der Waals surface area contributed by atoms with Crippen LogP contribution in [0.4, 0.5) is 0 Å². The zero-order valence-corrected chi connectivity index (χ0v) is 10.7. The van der Waals surface area contributed by atoms with Crippen LogP contribution < -0.4 is 0 Å². The quantitative estimate of drug-likeness (QED) is 0.704. The van der Waals surface area contributed by atoms with Crippen LogP contribution in [0.25, 0.3) is 0 Å². The molecule has 1 heterocycles. The fourth-order valence-corrected chi connectivity index (χ4v) is 1.67. The Kier molecular flexibility index (Phi) is 8.49. The highest BCUT2D eigenvalue weighted by Crippen LogP contribution is 2.07. The van der Waals surface area contributed by atoms with Crippen LogP contribution in [-0.2, 0) is 6.42 Å². The first kappa shape index (κ1) is 14.5. The molecule has 0 radical (unpaired) electrons. The van der Waals surface area contributed by atoms with Gasteiger partial charge in [-0.05, 0) is 13.3 Å². The molecule has 0 saturated heterocycles. The van der Waals surface area contributed by atoms with Crippen LogP contribution >= 0.6 is 12.4 Å². The number of aryl methyl sites for hydroxylation is 2. The van der Waals surface area contributed by atoms with Crippen molar-refractivity contribution in [3.8, 4) is 0 Å². The van der Waals surface area contributed by atoms with Gasteiger partial charge in [0.25, 0.3) is 0 Å². The molecule has 2 nitrogen and oxygen atoms in total. The van der Waals surface area contributed by atoms with Gasteiger partial charge in [-0.2, -0.15) is 0 Å². The number of H-pyrrole nitrogens is 1. The van der Waals surface area contributed by atoms with Gasteiger partial charge in [-0.3, -0.25) is 0 Å². The fraction of sp³-hybridized carbons (Fsp3) is 0.750. The van der Waals surface area contributed by atoms with Crippen molar-refractivity contribution in [3.63, 3.8) is 0 Å². The summed E-state index contributed by atoms with van der Waals surface area (Å²) in [5, 5.41) is 0. The molecule has 1 rings (SSSR count). The Morgan fingerprint density at radius 3 is 2.40 bits per heavy atom. The number of hydrogen-bond acceptors (Lipinski definition) is 1.